The molecule has 1 fully saturated rings. The Balaban J connectivity index is 2.42. The SMILES string of the molecule is CCC1CC(CO)(NCCN(C)C)CCO1. The molecule has 1 heterocycles. The molecule has 0 aliphatic carbocycles. The Morgan fingerprint density at radius 3 is 2.81 bits per heavy atom. The zero-order valence-corrected chi connectivity index (χ0v) is 10.8. The fourth-order valence-electron chi connectivity index (χ4n) is 2.18. The molecule has 0 bridgehead atoms. The van der Waals surface area contributed by atoms with E-state index in [4.69, 9.17) is 4.74 Å². The van der Waals surface area contributed by atoms with Gasteiger partial charge in [-0.25, -0.2) is 0 Å². The summed E-state index contributed by atoms with van der Waals surface area (Å²) in [6.07, 6.45) is 3.16. The number of ether oxygens (including phenoxy) is 1. The summed E-state index contributed by atoms with van der Waals surface area (Å²) in [5.41, 5.74) is -0.116. The molecule has 2 unspecified atom stereocenters. The summed E-state index contributed by atoms with van der Waals surface area (Å²) in [6.45, 7) is 5.02. The van der Waals surface area contributed by atoms with Gasteiger partial charge < -0.3 is 20.1 Å². The maximum absolute atomic E-state index is 9.59. The van der Waals surface area contributed by atoms with Crippen LogP contribution in [0.3, 0.4) is 0 Å². The molecule has 0 spiro atoms. The zero-order valence-electron chi connectivity index (χ0n) is 10.8. The van der Waals surface area contributed by atoms with Gasteiger partial charge in [0.15, 0.2) is 0 Å². The van der Waals surface area contributed by atoms with E-state index in [0.29, 0.717) is 6.10 Å². The lowest BCUT2D eigenvalue weighted by Gasteiger charge is -2.40. The number of hydrogen-bond acceptors (Lipinski definition) is 4. The van der Waals surface area contributed by atoms with Crippen molar-refractivity contribution >= 4 is 0 Å². The van der Waals surface area contributed by atoms with Gasteiger partial charge in [0.05, 0.1) is 12.7 Å². The van der Waals surface area contributed by atoms with Crippen LogP contribution in [0.25, 0.3) is 0 Å². The van der Waals surface area contributed by atoms with Crippen LogP contribution in [-0.4, -0.2) is 62.0 Å². The number of hydrogen-bond donors (Lipinski definition) is 2. The monoisotopic (exact) mass is 230 g/mol. The largest absolute Gasteiger partial charge is 0.394 e. The highest BCUT2D eigenvalue weighted by atomic mass is 16.5. The number of nitrogens with zero attached hydrogens (tertiary/aromatic N) is 1. The maximum atomic E-state index is 9.59. The van der Waals surface area contributed by atoms with Gasteiger partial charge in [0, 0.05) is 25.2 Å². The summed E-state index contributed by atoms with van der Waals surface area (Å²) in [5, 5.41) is 13.1. The molecule has 0 aromatic heterocycles. The average molecular weight is 230 g/mol. The first kappa shape index (κ1) is 13.9. The Bertz CT molecular complexity index is 199. The van der Waals surface area contributed by atoms with Crippen molar-refractivity contribution in [2.45, 2.75) is 37.8 Å². The van der Waals surface area contributed by atoms with Gasteiger partial charge in [-0.2, -0.15) is 0 Å². The second kappa shape index (κ2) is 6.55. The third-order valence-electron chi connectivity index (χ3n) is 3.37. The lowest BCUT2D eigenvalue weighted by atomic mass is 9.86. The van der Waals surface area contributed by atoms with Crippen LogP contribution in [-0.2, 0) is 4.74 Å². The quantitative estimate of drug-likeness (QED) is 0.696. The molecule has 2 atom stereocenters. The second-order valence-electron chi connectivity index (χ2n) is 5.02. The van der Waals surface area contributed by atoms with Crippen molar-refractivity contribution in [3.8, 4) is 0 Å². The minimum atomic E-state index is -0.116. The van der Waals surface area contributed by atoms with Gasteiger partial charge in [-0.05, 0) is 33.4 Å². The maximum Gasteiger partial charge on any atom is 0.0615 e. The highest BCUT2D eigenvalue weighted by Gasteiger charge is 2.35. The van der Waals surface area contributed by atoms with Gasteiger partial charge in [0.25, 0.3) is 0 Å². The fraction of sp³-hybridized carbons (Fsp3) is 1.00. The Morgan fingerprint density at radius 2 is 2.25 bits per heavy atom. The van der Waals surface area contributed by atoms with Crippen molar-refractivity contribution in [1.29, 1.82) is 0 Å². The van der Waals surface area contributed by atoms with E-state index >= 15 is 0 Å². The molecule has 1 aliphatic rings. The number of nitrogens with one attached hydrogen (secondary N) is 1. The molecule has 96 valence electrons. The summed E-state index contributed by atoms with van der Waals surface area (Å²) < 4.78 is 5.65. The number of rotatable bonds is 6. The molecule has 1 aliphatic heterocycles. The van der Waals surface area contributed by atoms with E-state index in [1.165, 1.54) is 0 Å². The summed E-state index contributed by atoms with van der Waals surface area (Å²) in [6, 6.07) is 0. The van der Waals surface area contributed by atoms with Crippen LogP contribution in [0.4, 0.5) is 0 Å². The lowest BCUT2D eigenvalue weighted by molar-refractivity contribution is -0.0460. The molecule has 0 radical (unpaired) electrons. The Morgan fingerprint density at radius 1 is 1.50 bits per heavy atom. The lowest BCUT2D eigenvalue weighted by Crippen LogP contribution is -2.55. The van der Waals surface area contributed by atoms with E-state index in [1.54, 1.807) is 0 Å². The molecule has 0 aromatic rings. The van der Waals surface area contributed by atoms with Gasteiger partial charge in [-0.15, -0.1) is 0 Å². The molecule has 0 amide bonds. The van der Waals surface area contributed by atoms with Crippen molar-refractivity contribution in [3.63, 3.8) is 0 Å². The van der Waals surface area contributed by atoms with E-state index in [1.807, 2.05) is 0 Å². The normalized spacial score (nSPS) is 30.9. The zero-order chi connectivity index (χ0) is 12.0. The minimum Gasteiger partial charge on any atom is -0.394 e. The van der Waals surface area contributed by atoms with Crippen LogP contribution in [0.5, 0.6) is 0 Å². The molecule has 2 N–H and O–H groups in total. The predicted molar refractivity (Wildman–Crippen MR) is 65.6 cm³/mol. The molecule has 16 heavy (non-hydrogen) atoms. The van der Waals surface area contributed by atoms with Crippen molar-refractivity contribution in [1.82, 2.24) is 10.2 Å². The third kappa shape index (κ3) is 4.01. The first-order valence-corrected chi connectivity index (χ1v) is 6.24. The standard InChI is InChI=1S/C12H26N2O2/c1-4-11-9-12(10-15,5-8-16-11)13-6-7-14(2)3/h11,13,15H,4-10H2,1-3H3. The number of aliphatic hydroxyl groups is 1. The summed E-state index contributed by atoms with van der Waals surface area (Å²) in [7, 11) is 4.12. The van der Waals surface area contributed by atoms with E-state index in [-0.39, 0.29) is 12.1 Å². The smallest absolute Gasteiger partial charge is 0.0615 e. The van der Waals surface area contributed by atoms with Gasteiger partial charge in [0.1, 0.15) is 0 Å². The molecule has 4 nitrogen and oxygen atoms in total. The van der Waals surface area contributed by atoms with E-state index in [0.717, 1.165) is 39.0 Å². The Labute approximate surface area is 99.0 Å². The molecular formula is C12H26N2O2. The summed E-state index contributed by atoms with van der Waals surface area (Å²) in [5.74, 6) is 0. The molecule has 0 aromatic carbocycles. The third-order valence-corrected chi connectivity index (χ3v) is 3.37. The van der Waals surface area contributed by atoms with Crippen molar-refractivity contribution in [2.24, 2.45) is 0 Å². The predicted octanol–water partition coefficient (Wildman–Crippen LogP) is 0.458. The molecular weight excluding hydrogens is 204 g/mol. The van der Waals surface area contributed by atoms with Crippen LogP contribution in [0, 0.1) is 0 Å². The van der Waals surface area contributed by atoms with E-state index < -0.39 is 0 Å². The van der Waals surface area contributed by atoms with Crippen LogP contribution in [0.1, 0.15) is 26.2 Å². The van der Waals surface area contributed by atoms with Gasteiger partial charge in [0.2, 0.25) is 0 Å². The van der Waals surface area contributed by atoms with Crippen molar-refractivity contribution < 1.29 is 9.84 Å². The fourth-order valence-corrected chi connectivity index (χ4v) is 2.18. The Hall–Kier alpha value is -0.160. The first-order chi connectivity index (χ1) is 7.62. The minimum absolute atomic E-state index is 0.116. The highest BCUT2D eigenvalue weighted by molar-refractivity contribution is 4.92. The van der Waals surface area contributed by atoms with Crippen LogP contribution in [0.2, 0.25) is 0 Å². The van der Waals surface area contributed by atoms with Gasteiger partial charge in [-0.3, -0.25) is 0 Å². The first-order valence-electron chi connectivity index (χ1n) is 6.24. The number of likely N-dealkylation sites (N-methyl/N-ethyl adjacent to an activating group) is 1. The number of aliphatic hydroxyl groups excluding tert-OH is 1. The van der Waals surface area contributed by atoms with Crippen molar-refractivity contribution in [3.05, 3.63) is 0 Å². The molecule has 1 saturated heterocycles. The summed E-state index contributed by atoms with van der Waals surface area (Å²) in [4.78, 5) is 2.15. The second-order valence-corrected chi connectivity index (χ2v) is 5.02. The van der Waals surface area contributed by atoms with Crippen LogP contribution >= 0.6 is 0 Å². The highest BCUT2D eigenvalue weighted by Crippen LogP contribution is 2.25. The van der Waals surface area contributed by atoms with E-state index in [9.17, 15) is 5.11 Å². The Kier molecular flexibility index (Phi) is 5.69. The average Bonchev–Trinajstić information content (AvgIpc) is 2.29. The van der Waals surface area contributed by atoms with Gasteiger partial charge >= 0.3 is 0 Å². The molecule has 0 saturated carbocycles. The van der Waals surface area contributed by atoms with Crippen LogP contribution in [0.15, 0.2) is 0 Å². The van der Waals surface area contributed by atoms with E-state index in [2.05, 4.69) is 31.2 Å². The van der Waals surface area contributed by atoms with Crippen LogP contribution < -0.4 is 5.32 Å². The molecule has 1 rings (SSSR count). The topological polar surface area (TPSA) is 44.7 Å². The summed E-state index contributed by atoms with van der Waals surface area (Å²) >= 11 is 0. The molecule has 4 heteroatoms. The van der Waals surface area contributed by atoms with Gasteiger partial charge in [-0.1, -0.05) is 6.92 Å². The van der Waals surface area contributed by atoms with Crippen molar-refractivity contribution in [2.75, 3.05) is 40.4 Å².